The number of ether oxygens (including phenoxy) is 2. The average Bonchev–Trinajstić information content (AvgIpc) is 3.29. The molecule has 1 aromatic rings. The predicted octanol–water partition coefficient (Wildman–Crippen LogP) is 1.89. The van der Waals surface area contributed by atoms with Gasteiger partial charge in [0.2, 0.25) is 5.82 Å². The molecule has 1 fully saturated rings. The Morgan fingerprint density at radius 2 is 2.24 bits per heavy atom. The van der Waals surface area contributed by atoms with Gasteiger partial charge in [-0.1, -0.05) is 6.08 Å². The Hall–Kier alpha value is -2.22. The van der Waals surface area contributed by atoms with Crippen LogP contribution in [-0.2, 0) is 4.74 Å². The van der Waals surface area contributed by atoms with Gasteiger partial charge in [-0.05, 0) is 12.8 Å². The van der Waals surface area contributed by atoms with Crippen LogP contribution in [0.25, 0.3) is 0 Å². The van der Waals surface area contributed by atoms with E-state index in [1.807, 2.05) is 0 Å². The maximum atomic E-state index is 11.3. The molecular weight excluding hydrogens is 276 g/mol. The zero-order valence-electron chi connectivity index (χ0n) is 11.9. The normalized spacial score (nSPS) is 13.8. The number of nitrogens with zero attached hydrogens (tertiary/aromatic N) is 3. The van der Waals surface area contributed by atoms with Gasteiger partial charge in [0.05, 0.1) is 11.5 Å². The first-order valence-electron chi connectivity index (χ1n) is 6.70. The molecule has 1 heterocycles. The summed E-state index contributed by atoms with van der Waals surface area (Å²) in [4.78, 5) is 19.2. The molecule has 0 atom stereocenters. The first kappa shape index (κ1) is 15.2. The van der Waals surface area contributed by atoms with Gasteiger partial charge >= 0.3 is 5.69 Å². The summed E-state index contributed by atoms with van der Waals surface area (Å²) < 4.78 is 10.3. The van der Waals surface area contributed by atoms with Crippen LogP contribution in [-0.4, -0.2) is 41.8 Å². The Morgan fingerprint density at radius 1 is 1.48 bits per heavy atom. The van der Waals surface area contributed by atoms with E-state index in [9.17, 15) is 10.1 Å². The Labute approximate surface area is 122 Å². The molecule has 21 heavy (non-hydrogen) atoms. The molecule has 0 aromatic carbocycles. The minimum absolute atomic E-state index is 0.0134. The van der Waals surface area contributed by atoms with Crippen molar-refractivity contribution in [3.8, 4) is 5.88 Å². The van der Waals surface area contributed by atoms with Gasteiger partial charge in [-0.25, -0.2) is 4.98 Å². The van der Waals surface area contributed by atoms with E-state index in [1.165, 1.54) is 7.11 Å². The molecule has 8 nitrogen and oxygen atoms in total. The van der Waals surface area contributed by atoms with Gasteiger partial charge in [0.15, 0.2) is 0 Å². The molecule has 1 aliphatic carbocycles. The molecule has 1 aliphatic rings. The highest BCUT2D eigenvalue weighted by Crippen LogP contribution is 2.41. The van der Waals surface area contributed by atoms with Crippen molar-refractivity contribution in [1.82, 2.24) is 9.97 Å². The zero-order chi connectivity index (χ0) is 15.2. The van der Waals surface area contributed by atoms with Gasteiger partial charge in [-0.3, -0.25) is 10.1 Å². The summed E-state index contributed by atoms with van der Waals surface area (Å²) in [5.41, 5.74) is -0.252. The quantitative estimate of drug-likeness (QED) is 0.321. The fourth-order valence-electron chi connectivity index (χ4n) is 1.75. The van der Waals surface area contributed by atoms with Gasteiger partial charge in [0.1, 0.15) is 12.4 Å². The number of nitro groups is 1. The number of methoxy groups -OCH3 is 1. The van der Waals surface area contributed by atoms with E-state index >= 15 is 0 Å². The molecule has 0 amide bonds. The number of hydrogen-bond donors (Lipinski definition) is 1. The van der Waals surface area contributed by atoms with E-state index in [4.69, 9.17) is 9.47 Å². The lowest BCUT2D eigenvalue weighted by molar-refractivity contribution is -0.385. The third-order valence-corrected chi connectivity index (χ3v) is 2.93. The van der Waals surface area contributed by atoms with Gasteiger partial charge in [-0.15, -0.1) is 6.58 Å². The molecule has 1 aromatic heterocycles. The number of anilines is 1. The molecule has 1 saturated carbocycles. The molecule has 2 rings (SSSR count). The molecule has 0 saturated heterocycles. The van der Waals surface area contributed by atoms with E-state index in [0.717, 1.165) is 12.8 Å². The van der Waals surface area contributed by atoms with Crippen molar-refractivity contribution < 1.29 is 14.4 Å². The molecule has 0 radical (unpaired) electrons. The maximum Gasteiger partial charge on any atom is 0.372 e. The highest BCUT2D eigenvalue weighted by Gasteiger charge is 2.32. The van der Waals surface area contributed by atoms with Crippen molar-refractivity contribution in [2.75, 3.05) is 32.2 Å². The first-order valence-corrected chi connectivity index (χ1v) is 6.70. The van der Waals surface area contributed by atoms with Crippen LogP contribution in [0.2, 0.25) is 0 Å². The lowest BCUT2D eigenvalue weighted by atomic mass is 10.3. The number of nitrogens with one attached hydrogen (secondary N) is 1. The van der Waals surface area contributed by atoms with Crippen molar-refractivity contribution in [3.05, 3.63) is 28.6 Å². The van der Waals surface area contributed by atoms with Crippen molar-refractivity contribution in [2.45, 2.75) is 18.8 Å². The summed E-state index contributed by atoms with van der Waals surface area (Å²) in [7, 11) is 1.53. The summed E-state index contributed by atoms with van der Waals surface area (Å²) in [6, 6.07) is 0. The number of hydrogen-bond acceptors (Lipinski definition) is 7. The maximum absolute atomic E-state index is 11.3. The largest absolute Gasteiger partial charge is 0.470 e. The molecule has 0 bridgehead atoms. The Kier molecular flexibility index (Phi) is 5.04. The van der Waals surface area contributed by atoms with Crippen LogP contribution in [0.5, 0.6) is 5.88 Å². The molecule has 0 spiro atoms. The summed E-state index contributed by atoms with van der Waals surface area (Å²) in [5, 5.41) is 14.2. The van der Waals surface area contributed by atoms with E-state index in [-0.39, 0.29) is 29.9 Å². The molecule has 8 heteroatoms. The van der Waals surface area contributed by atoms with E-state index in [2.05, 4.69) is 21.9 Å². The monoisotopic (exact) mass is 294 g/mol. The topological polar surface area (TPSA) is 99.4 Å². The van der Waals surface area contributed by atoms with Crippen molar-refractivity contribution in [2.24, 2.45) is 0 Å². The van der Waals surface area contributed by atoms with E-state index < -0.39 is 4.92 Å². The van der Waals surface area contributed by atoms with Crippen LogP contribution < -0.4 is 10.1 Å². The summed E-state index contributed by atoms with van der Waals surface area (Å²) in [6.45, 7) is 4.48. The minimum atomic E-state index is -0.537. The van der Waals surface area contributed by atoms with E-state index in [0.29, 0.717) is 19.0 Å². The first-order chi connectivity index (χ1) is 10.2. The van der Waals surface area contributed by atoms with Crippen LogP contribution in [0.15, 0.2) is 12.7 Å². The molecular formula is C13H18N4O4. The third kappa shape index (κ3) is 3.88. The van der Waals surface area contributed by atoms with Gasteiger partial charge in [0, 0.05) is 19.6 Å². The standard InChI is InChI=1S/C13H18N4O4/c1-3-6-14-12-10(17(18)19)13(21-8-7-20-2)16-11(15-12)9-4-5-9/h3,9H,1,4-8H2,2H3,(H,14,15,16). The molecule has 114 valence electrons. The van der Waals surface area contributed by atoms with Gasteiger partial charge in [0.25, 0.3) is 5.88 Å². The van der Waals surface area contributed by atoms with E-state index in [1.54, 1.807) is 6.08 Å². The van der Waals surface area contributed by atoms with Crippen molar-refractivity contribution in [3.63, 3.8) is 0 Å². The fraction of sp³-hybridized carbons (Fsp3) is 0.538. The summed E-state index contributed by atoms with van der Waals surface area (Å²) in [5.74, 6) is 1.00. The molecule has 0 aliphatic heterocycles. The smallest absolute Gasteiger partial charge is 0.372 e. The van der Waals surface area contributed by atoms with Gasteiger partial charge < -0.3 is 14.8 Å². The predicted molar refractivity (Wildman–Crippen MR) is 76.7 cm³/mol. The lowest BCUT2D eigenvalue weighted by Crippen LogP contribution is -2.12. The van der Waals surface area contributed by atoms with Gasteiger partial charge in [-0.2, -0.15) is 4.98 Å². The highest BCUT2D eigenvalue weighted by molar-refractivity contribution is 5.62. The summed E-state index contributed by atoms with van der Waals surface area (Å²) >= 11 is 0. The second-order valence-corrected chi connectivity index (χ2v) is 4.63. The molecule has 1 N–H and O–H groups in total. The number of aromatic nitrogens is 2. The SMILES string of the molecule is C=CCNc1nc(C2CC2)nc(OCCOC)c1[N+](=O)[O-]. The van der Waals surface area contributed by atoms with Crippen LogP contribution in [0.4, 0.5) is 11.5 Å². The van der Waals surface area contributed by atoms with Crippen LogP contribution in [0.1, 0.15) is 24.6 Å². The van der Waals surface area contributed by atoms with Crippen molar-refractivity contribution >= 4 is 11.5 Å². The Balaban J connectivity index is 2.34. The second kappa shape index (κ2) is 6.98. The number of rotatable bonds is 9. The lowest BCUT2D eigenvalue weighted by Gasteiger charge is -2.10. The molecule has 0 unspecified atom stereocenters. The Bertz CT molecular complexity index is 531. The minimum Gasteiger partial charge on any atom is -0.470 e. The van der Waals surface area contributed by atoms with Crippen LogP contribution in [0, 0.1) is 10.1 Å². The third-order valence-electron chi connectivity index (χ3n) is 2.93. The van der Waals surface area contributed by atoms with Crippen molar-refractivity contribution in [1.29, 1.82) is 0 Å². The van der Waals surface area contributed by atoms with Crippen LogP contribution >= 0.6 is 0 Å². The summed E-state index contributed by atoms with van der Waals surface area (Å²) in [6.07, 6.45) is 3.60. The Morgan fingerprint density at radius 3 is 2.81 bits per heavy atom. The van der Waals surface area contributed by atoms with Crippen LogP contribution in [0.3, 0.4) is 0 Å². The average molecular weight is 294 g/mol. The fourth-order valence-corrected chi connectivity index (χ4v) is 1.75. The zero-order valence-corrected chi connectivity index (χ0v) is 11.9. The highest BCUT2D eigenvalue weighted by atomic mass is 16.6. The second-order valence-electron chi connectivity index (χ2n) is 4.63.